The number of Topliss-reactive ketones (excluding diaryl/α,β-unsaturated/α-hetero) is 1. The summed E-state index contributed by atoms with van der Waals surface area (Å²) in [6, 6.07) is 21.6. The summed E-state index contributed by atoms with van der Waals surface area (Å²) in [5, 5.41) is 18.3. The van der Waals surface area contributed by atoms with Crippen LogP contribution < -0.4 is 15.4 Å². The zero-order valence-corrected chi connectivity index (χ0v) is 18.1. The Morgan fingerprint density at radius 3 is 2.48 bits per heavy atom. The van der Waals surface area contributed by atoms with Crippen LogP contribution in [-0.2, 0) is 4.79 Å². The lowest BCUT2D eigenvalue weighted by molar-refractivity contribution is -0.384. The molecule has 0 unspecified atom stereocenters. The number of carbonyl (C=O) groups is 1. The van der Waals surface area contributed by atoms with E-state index in [0.29, 0.717) is 24.0 Å². The predicted molar refractivity (Wildman–Crippen MR) is 127 cm³/mol. The Labute approximate surface area is 191 Å². The topological polar surface area (TPSA) is 93.5 Å². The van der Waals surface area contributed by atoms with Gasteiger partial charge in [0.1, 0.15) is 5.75 Å². The molecular formula is C26H23N3O4. The van der Waals surface area contributed by atoms with Crippen molar-refractivity contribution >= 4 is 22.8 Å². The Morgan fingerprint density at radius 2 is 1.70 bits per heavy atom. The number of ether oxygens (including phenoxy) is 1. The number of rotatable bonds is 4. The van der Waals surface area contributed by atoms with E-state index in [1.54, 1.807) is 13.2 Å². The van der Waals surface area contributed by atoms with E-state index in [1.807, 2.05) is 54.6 Å². The van der Waals surface area contributed by atoms with E-state index in [9.17, 15) is 14.9 Å². The molecule has 2 atom stereocenters. The van der Waals surface area contributed by atoms with Gasteiger partial charge in [0.05, 0.1) is 29.4 Å². The molecule has 0 bridgehead atoms. The third-order valence-corrected chi connectivity index (χ3v) is 6.29. The monoisotopic (exact) mass is 441 g/mol. The molecule has 0 saturated carbocycles. The van der Waals surface area contributed by atoms with Gasteiger partial charge in [-0.2, -0.15) is 0 Å². The van der Waals surface area contributed by atoms with E-state index in [0.717, 1.165) is 28.4 Å². The Morgan fingerprint density at radius 1 is 0.939 bits per heavy atom. The highest BCUT2D eigenvalue weighted by molar-refractivity contribution is 6.01. The summed E-state index contributed by atoms with van der Waals surface area (Å²) in [5.74, 6) is 0.790. The quantitative estimate of drug-likeness (QED) is 0.405. The Hall–Kier alpha value is -4.13. The van der Waals surface area contributed by atoms with Gasteiger partial charge in [-0.1, -0.05) is 36.4 Å². The molecule has 1 heterocycles. The maximum Gasteiger partial charge on any atom is 0.269 e. The van der Waals surface area contributed by atoms with E-state index in [-0.39, 0.29) is 17.4 Å². The van der Waals surface area contributed by atoms with Crippen LogP contribution in [0.25, 0.3) is 0 Å². The van der Waals surface area contributed by atoms with Crippen molar-refractivity contribution < 1.29 is 14.5 Å². The summed E-state index contributed by atoms with van der Waals surface area (Å²) >= 11 is 0. The highest BCUT2D eigenvalue weighted by Gasteiger charge is 2.36. The average Bonchev–Trinajstić information content (AvgIpc) is 3.01. The van der Waals surface area contributed by atoms with Crippen LogP contribution in [0, 0.1) is 10.1 Å². The number of benzene rings is 3. The summed E-state index contributed by atoms with van der Waals surface area (Å²) in [7, 11) is 1.63. The van der Waals surface area contributed by atoms with Crippen molar-refractivity contribution in [1.29, 1.82) is 0 Å². The Bertz CT molecular complexity index is 1280. The number of nitrogens with one attached hydrogen (secondary N) is 2. The minimum atomic E-state index is -0.491. The van der Waals surface area contributed by atoms with Crippen LogP contribution in [0.15, 0.2) is 84.1 Å². The molecular weight excluding hydrogens is 418 g/mol. The van der Waals surface area contributed by atoms with Crippen molar-refractivity contribution in [1.82, 2.24) is 0 Å². The molecule has 0 spiro atoms. The SMILES string of the molecule is COc1cccc([C@H]2CC(=O)C3=C(C2)Nc2ccccc2N[C@H]3c2cccc([N+](=O)[O-])c2)c1. The van der Waals surface area contributed by atoms with Crippen LogP contribution in [0.1, 0.15) is 35.9 Å². The minimum Gasteiger partial charge on any atom is -0.497 e. The van der Waals surface area contributed by atoms with Crippen molar-refractivity contribution in [3.05, 3.63) is 105 Å². The fourth-order valence-electron chi connectivity index (χ4n) is 4.69. The van der Waals surface area contributed by atoms with Gasteiger partial charge in [0, 0.05) is 29.8 Å². The number of nitrogens with zero attached hydrogens (tertiary/aromatic N) is 1. The largest absolute Gasteiger partial charge is 0.497 e. The number of nitro groups is 1. The van der Waals surface area contributed by atoms with E-state index < -0.39 is 11.0 Å². The molecule has 2 N–H and O–H groups in total. The molecule has 0 aromatic heterocycles. The molecule has 1 aliphatic carbocycles. The highest BCUT2D eigenvalue weighted by Crippen LogP contribution is 2.44. The van der Waals surface area contributed by atoms with Gasteiger partial charge in [0.25, 0.3) is 5.69 Å². The lowest BCUT2D eigenvalue weighted by Crippen LogP contribution is -2.26. The summed E-state index contributed by atoms with van der Waals surface area (Å²) in [4.78, 5) is 24.5. The molecule has 0 fully saturated rings. The van der Waals surface area contributed by atoms with Crippen LogP contribution in [-0.4, -0.2) is 17.8 Å². The fourth-order valence-corrected chi connectivity index (χ4v) is 4.69. The minimum absolute atomic E-state index is 0.000503. The van der Waals surface area contributed by atoms with Gasteiger partial charge >= 0.3 is 0 Å². The van der Waals surface area contributed by atoms with E-state index >= 15 is 0 Å². The summed E-state index contributed by atoms with van der Waals surface area (Å²) in [6.07, 6.45) is 1.01. The maximum absolute atomic E-state index is 13.6. The molecule has 7 heteroatoms. The second-order valence-corrected chi connectivity index (χ2v) is 8.30. The third kappa shape index (κ3) is 3.93. The van der Waals surface area contributed by atoms with Crippen molar-refractivity contribution in [3.63, 3.8) is 0 Å². The number of ketones is 1. The number of hydrogen-bond donors (Lipinski definition) is 2. The molecule has 7 nitrogen and oxygen atoms in total. The van der Waals surface area contributed by atoms with Gasteiger partial charge in [-0.3, -0.25) is 14.9 Å². The second-order valence-electron chi connectivity index (χ2n) is 8.30. The number of anilines is 2. The lowest BCUT2D eigenvalue weighted by atomic mass is 9.78. The molecule has 33 heavy (non-hydrogen) atoms. The number of hydrogen-bond acceptors (Lipinski definition) is 6. The number of fused-ring (bicyclic) bond motifs is 1. The Balaban J connectivity index is 1.61. The molecule has 0 amide bonds. The predicted octanol–water partition coefficient (Wildman–Crippen LogP) is 5.58. The molecule has 3 aromatic rings. The standard InChI is InChI=1S/C26H23N3O4/c1-33-20-9-5-6-16(13-20)18-14-23-25(24(30)15-18)26(17-7-4-8-19(12-17)29(31)32)28-22-11-3-2-10-21(22)27-23/h2-13,18,26-28H,14-15H2,1H3/t18-,26+/m1/s1. The van der Waals surface area contributed by atoms with E-state index in [2.05, 4.69) is 10.6 Å². The smallest absolute Gasteiger partial charge is 0.269 e. The maximum atomic E-state index is 13.6. The van der Waals surface area contributed by atoms with E-state index in [1.165, 1.54) is 12.1 Å². The van der Waals surface area contributed by atoms with Gasteiger partial charge in [-0.15, -0.1) is 0 Å². The first kappa shape index (κ1) is 20.8. The highest BCUT2D eigenvalue weighted by atomic mass is 16.6. The van der Waals surface area contributed by atoms with Gasteiger partial charge in [0.15, 0.2) is 5.78 Å². The lowest BCUT2D eigenvalue weighted by Gasteiger charge is -2.30. The molecule has 0 radical (unpaired) electrons. The zero-order valence-electron chi connectivity index (χ0n) is 18.1. The molecule has 3 aromatic carbocycles. The van der Waals surface area contributed by atoms with Gasteiger partial charge in [-0.05, 0) is 47.7 Å². The first-order chi connectivity index (χ1) is 16.0. The number of carbonyl (C=O) groups excluding carboxylic acids is 1. The average molecular weight is 441 g/mol. The van der Waals surface area contributed by atoms with Crippen LogP contribution in [0.2, 0.25) is 0 Å². The fraction of sp³-hybridized carbons (Fsp3) is 0.192. The molecule has 1 aliphatic heterocycles. The first-order valence-electron chi connectivity index (χ1n) is 10.8. The normalized spacial score (nSPS) is 19.5. The molecule has 2 aliphatic rings. The number of methoxy groups -OCH3 is 1. The van der Waals surface area contributed by atoms with Crippen molar-refractivity contribution in [3.8, 4) is 5.75 Å². The Kier molecular flexibility index (Phi) is 5.30. The van der Waals surface area contributed by atoms with Gasteiger partial charge in [-0.25, -0.2) is 0 Å². The number of para-hydroxylation sites is 2. The summed E-state index contributed by atoms with van der Waals surface area (Å²) in [5.41, 5.74) is 4.92. The third-order valence-electron chi connectivity index (χ3n) is 6.29. The summed E-state index contributed by atoms with van der Waals surface area (Å²) in [6.45, 7) is 0. The van der Waals surface area contributed by atoms with Crippen LogP contribution in [0.3, 0.4) is 0 Å². The van der Waals surface area contributed by atoms with Crippen molar-refractivity contribution in [2.75, 3.05) is 17.7 Å². The van der Waals surface area contributed by atoms with Crippen molar-refractivity contribution in [2.45, 2.75) is 24.8 Å². The second kappa shape index (κ2) is 8.43. The van der Waals surface area contributed by atoms with Crippen LogP contribution in [0.4, 0.5) is 17.1 Å². The van der Waals surface area contributed by atoms with E-state index in [4.69, 9.17) is 4.74 Å². The molecule has 0 saturated heterocycles. The summed E-state index contributed by atoms with van der Waals surface area (Å²) < 4.78 is 5.37. The number of allylic oxidation sites excluding steroid dienone is 1. The van der Waals surface area contributed by atoms with Crippen LogP contribution in [0.5, 0.6) is 5.75 Å². The number of non-ortho nitro benzene ring substituents is 1. The molecule has 5 rings (SSSR count). The zero-order chi connectivity index (χ0) is 22.9. The van der Waals surface area contributed by atoms with Gasteiger partial charge < -0.3 is 15.4 Å². The van der Waals surface area contributed by atoms with Crippen LogP contribution >= 0.6 is 0 Å². The number of nitro benzene ring substituents is 1. The van der Waals surface area contributed by atoms with Gasteiger partial charge in [0.2, 0.25) is 0 Å². The van der Waals surface area contributed by atoms with Crippen molar-refractivity contribution in [2.24, 2.45) is 0 Å². The molecule has 166 valence electrons. The first-order valence-corrected chi connectivity index (χ1v) is 10.8.